The fourth-order valence-electron chi connectivity index (χ4n) is 6.68. The van der Waals surface area contributed by atoms with E-state index in [9.17, 15) is 4.79 Å². The van der Waals surface area contributed by atoms with Gasteiger partial charge in [0, 0.05) is 55.0 Å². The zero-order valence-electron chi connectivity index (χ0n) is 18.4. The van der Waals surface area contributed by atoms with Crippen LogP contribution in [0.15, 0.2) is 48.7 Å². The molecule has 5 nitrogen and oxygen atoms in total. The molecule has 3 fully saturated rings. The zero-order chi connectivity index (χ0) is 21.2. The van der Waals surface area contributed by atoms with Gasteiger partial charge < -0.3 is 9.47 Å². The standard InChI is InChI=1S/C26H30N4O/c1-18-6-5-7-20(27-18)17-29-13-12-26(25(29)31)14-21-10-11-24(26)30(21)16-19-15-28(2)23-9-4-3-8-22(19)23/h3-9,15,21,24H,10-14,16-17H2,1-2H3. The maximum Gasteiger partial charge on any atom is 0.230 e. The first kappa shape index (κ1) is 19.1. The van der Waals surface area contributed by atoms with Crippen molar-refractivity contribution in [3.63, 3.8) is 0 Å². The highest BCUT2D eigenvalue weighted by Crippen LogP contribution is 2.55. The van der Waals surface area contributed by atoms with Gasteiger partial charge in [-0.1, -0.05) is 24.3 Å². The number of amides is 1. The van der Waals surface area contributed by atoms with E-state index in [1.165, 1.54) is 22.9 Å². The molecule has 3 atom stereocenters. The number of nitrogens with zero attached hydrogens (tertiary/aromatic N) is 4. The first-order valence-electron chi connectivity index (χ1n) is 11.6. The Morgan fingerprint density at radius 1 is 1.10 bits per heavy atom. The summed E-state index contributed by atoms with van der Waals surface area (Å²) in [5, 5.41) is 1.34. The Morgan fingerprint density at radius 3 is 2.84 bits per heavy atom. The number of benzene rings is 1. The molecule has 1 spiro atoms. The molecular formula is C26H30N4O. The number of carbonyl (C=O) groups excluding carboxylic acids is 1. The van der Waals surface area contributed by atoms with Crippen LogP contribution in [0.5, 0.6) is 0 Å². The number of hydrogen-bond donors (Lipinski definition) is 0. The Balaban J connectivity index is 1.25. The molecule has 3 unspecified atom stereocenters. The Morgan fingerprint density at radius 2 is 1.97 bits per heavy atom. The molecule has 5 heteroatoms. The molecule has 3 saturated heterocycles. The van der Waals surface area contributed by atoms with Crippen LogP contribution in [-0.4, -0.2) is 43.9 Å². The van der Waals surface area contributed by atoms with E-state index in [0.29, 0.717) is 24.5 Å². The number of carbonyl (C=O) groups is 1. The highest BCUT2D eigenvalue weighted by molar-refractivity contribution is 5.87. The molecule has 5 heterocycles. The number of pyridine rings is 1. The van der Waals surface area contributed by atoms with E-state index in [0.717, 1.165) is 43.7 Å². The van der Waals surface area contributed by atoms with Crippen molar-refractivity contribution in [2.24, 2.45) is 12.5 Å². The second-order valence-corrected chi connectivity index (χ2v) is 9.81. The molecule has 160 valence electrons. The summed E-state index contributed by atoms with van der Waals surface area (Å²) in [7, 11) is 2.13. The normalized spacial score (nSPS) is 27.9. The molecule has 3 aliphatic heterocycles. The number of hydrogen-bond acceptors (Lipinski definition) is 3. The van der Waals surface area contributed by atoms with Crippen LogP contribution in [0.4, 0.5) is 0 Å². The number of rotatable bonds is 4. The summed E-state index contributed by atoms with van der Waals surface area (Å²) >= 11 is 0. The second-order valence-electron chi connectivity index (χ2n) is 9.81. The smallest absolute Gasteiger partial charge is 0.230 e. The van der Waals surface area contributed by atoms with Gasteiger partial charge in [-0.15, -0.1) is 0 Å². The zero-order valence-corrected chi connectivity index (χ0v) is 18.4. The molecule has 0 aliphatic carbocycles. The van der Waals surface area contributed by atoms with Crippen molar-refractivity contribution in [1.82, 2.24) is 19.4 Å². The van der Waals surface area contributed by atoms with Crippen molar-refractivity contribution < 1.29 is 4.79 Å². The van der Waals surface area contributed by atoms with E-state index >= 15 is 0 Å². The van der Waals surface area contributed by atoms with Gasteiger partial charge in [-0.3, -0.25) is 14.7 Å². The molecule has 1 amide bonds. The number of aromatic nitrogens is 2. The van der Waals surface area contributed by atoms with Crippen molar-refractivity contribution in [1.29, 1.82) is 0 Å². The average Bonchev–Trinajstić information content (AvgIpc) is 3.48. The molecule has 0 N–H and O–H groups in total. The SMILES string of the molecule is Cc1cccc(CN2CCC3(CC4CCC3N4Cc3cn(C)c4ccccc34)C2=O)n1. The van der Waals surface area contributed by atoms with Crippen molar-refractivity contribution in [3.8, 4) is 0 Å². The lowest BCUT2D eigenvalue weighted by Gasteiger charge is -2.32. The van der Waals surface area contributed by atoms with Gasteiger partial charge in [-0.25, -0.2) is 0 Å². The summed E-state index contributed by atoms with van der Waals surface area (Å²) < 4.78 is 2.23. The number of aryl methyl sites for hydroxylation is 2. The fraction of sp³-hybridized carbons (Fsp3) is 0.462. The quantitative estimate of drug-likeness (QED) is 0.647. The second kappa shape index (κ2) is 6.92. The monoisotopic (exact) mass is 414 g/mol. The number of likely N-dealkylation sites (tertiary alicyclic amines) is 1. The Kier molecular flexibility index (Phi) is 4.26. The molecule has 0 saturated carbocycles. The molecule has 6 rings (SSSR count). The van der Waals surface area contributed by atoms with E-state index in [4.69, 9.17) is 0 Å². The largest absolute Gasteiger partial charge is 0.350 e. The van der Waals surface area contributed by atoms with Gasteiger partial charge >= 0.3 is 0 Å². The van der Waals surface area contributed by atoms with Crippen LogP contribution < -0.4 is 0 Å². The van der Waals surface area contributed by atoms with Crippen molar-refractivity contribution >= 4 is 16.8 Å². The molecule has 1 aromatic carbocycles. The van der Waals surface area contributed by atoms with Gasteiger partial charge in [-0.05, 0) is 56.4 Å². The first-order chi connectivity index (χ1) is 15.0. The van der Waals surface area contributed by atoms with Crippen molar-refractivity contribution in [2.75, 3.05) is 6.54 Å². The summed E-state index contributed by atoms with van der Waals surface area (Å²) in [6, 6.07) is 15.7. The molecule has 2 bridgehead atoms. The van der Waals surface area contributed by atoms with Gasteiger partial charge in [0.15, 0.2) is 0 Å². The minimum absolute atomic E-state index is 0.183. The Labute approximate surface area is 183 Å². The van der Waals surface area contributed by atoms with Crippen LogP contribution in [0.25, 0.3) is 10.9 Å². The van der Waals surface area contributed by atoms with Crippen LogP contribution in [0.3, 0.4) is 0 Å². The molecule has 2 aromatic heterocycles. The third-order valence-corrected chi connectivity index (χ3v) is 8.05. The maximum absolute atomic E-state index is 13.7. The highest BCUT2D eigenvalue weighted by atomic mass is 16.2. The van der Waals surface area contributed by atoms with Crippen LogP contribution in [0.2, 0.25) is 0 Å². The molecule has 0 radical (unpaired) electrons. The topological polar surface area (TPSA) is 41.4 Å². The van der Waals surface area contributed by atoms with Crippen LogP contribution >= 0.6 is 0 Å². The molecule has 3 aliphatic rings. The van der Waals surface area contributed by atoms with Gasteiger partial charge in [0.1, 0.15) is 0 Å². The van der Waals surface area contributed by atoms with E-state index in [-0.39, 0.29) is 5.41 Å². The van der Waals surface area contributed by atoms with Crippen LogP contribution in [0, 0.1) is 12.3 Å². The highest BCUT2D eigenvalue weighted by Gasteiger charge is 2.62. The lowest BCUT2D eigenvalue weighted by molar-refractivity contribution is -0.138. The van der Waals surface area contributed by atoms with E-state index < -0.39 is 0 Å². The third kappa shape index (κ3) is 2.86. The van der Waals surface area contributed by atoms with Crippen molar-refractivity contribution in [2.45, 2.75) is 57.8 Å². The lowest BCUT2D eigenvalue weighted by atomic mass is 9.72. The summed E-state index contributed by atoms with van der Waals surface area (Å²) in [4.78, 5) is 23.0. The molecule has 31 heavy (non-hydrogen) atoms. The maximum atomic E-state index is 13.7. The first-order valence-corrected chi connectivity index (χ1v) is 11.6. The minimum Gasteiger partial charge on any atom is -0.350 e. The molecular weight excluding hydrogens is 384 g/mol. The predicted molar refractivity (Wildman–Crippen MR) is 121 cm³/mol. The summed E-state index contributed by atoms with van der Waals surface area (Å²) in [5.74, 6) is 0.367. The lowest BCUT2D eigenvalue weighted by Crippen LogP contribution is -2.43. The van der Waals surface area contributed by atoms with Crippen LogP contribution in [0.1, 0.15) is 42.6 Å². The van der Waals surface area contributed by atoms with Crippen molar-refractivity contribution in [3.05, 3.63) is 65.6 Å². The fourth-order valence-corrected chi connectivity index (χ4v) is 6.68. The minimum atomic E-state index is -0.183. The van der Waals surface area contributed by atoms with E-state index in [2.05, 4.69) is 56.9 Å². The van der Waals surface area contributed by atoms with Crippen LogP contribution in [-0.2, 0) is 24.9 Å². The average molecular weight is 415 g/mol. The van der Waals surface area contributed by atoms with E-state index in [1.807, 2.05) is 25.1 Å². The molecule has 3 aromatic rings. The Hall–Kier alpha value is -2.66. The third-order valence-electron chi connectivity index (χ3n) is 8.05. The van der Waals surface area contributed by atoms with E-state index in [1.54, 1.807) is 0 Å². The number of para-hydroxylation sites is 1. The van der Waals surface area contributed by atoms with Gasteiger partial charge in [-0.2, -0.15) is 0 Å². The van der Waals surface area contributed by atoms with Gasteiger partial charge in [0.2, 0.25) is 5.91 Å². The summed E-state index contributed by atoms with van der Waals surface area (Å²) in [6.45, 7) is 4.46. The predicted octanol–water partition coefficient (Wildman–Crippen LogP) is 4.04. The summed E-state index contributed by atoms with van der Waals surface area (Å²) in [6.07, 6.45) is 6.67. The van der Waals surface area contributed by atoms with Gasteiger partial charge in [0.25, 0.3) is 0 Å². The Bertz CT molecular complexity index is 1170. The van der Waals surface area contributed by atoms with Gasteiger partial charge in [0.05, 0.1) is 17.7 Å². The number of fused-ring (bicyclic) bond motifs is 4. The summed E-state index contributed by atoms with van der Waals surface area (Å²) in [5.41, 5.74) is 4.50.